The van der Waals surface area contributed by atoms with Crippen molar-refractivity contribution in [3.63, 3.8) is 0 Å². The Morgan fingerprint density at radius 1 is 1.29 bits per heavy atom. The van der Waals surface area contributed by atoms with Gasteiger partial charge >= 0.3 is 0 Å². The molecule has 0 bridgehead atoms. The Morgan fingerprint density at radius 3 is 3.07 bits per heavy atom. The first kappa shape index (κ1) is 8.50. The Labute approximate surface area is 91.1 Å². The summed E-state index contributed by atoms with van der Waals surface area (Å²) in [5.41, 5.74) is 1.27. The van der Waals surface area contributed by atoms with Crippen LogP contribution in [0, 0.1) is 0 Å². The van der Waals surface area contributed by atoms with Crippen molar-refractivity contribution in [3.8, 4) is 0 Å². The molecule has 3 rings (SSSR count). The molecule has 1 aromatic carbocycles. The topological polar surface area (TPSA) is 24.7 Å². The maximum absolute atomic E-state index is 6.05. The normalized spacial score (nSPS) is 28.2. The molecule has 0 spiro atoms. The minimum atomic E-state index is 0.168. The minimum Gasteiger partial charge on any atom is -0.264 e. The zero-order valence-corrected chi connectivity index (χ0v) is 8.79. The van der Waals surface area contributed by atoms with Crippen molar-refractivity contribution >= 4 is 34.9 Å². The molecule has 0 fully saturated rings. The molecule has 0 saturated carbocycles. The third-order valence-corrected chi connectivity index (χ3v) is 4.24. The average Bonchev–Trinajstić information content (AvgIpc) is 2.59. The fraction of sp³-hybridized carbons (Fsp3) is 0.200. The standard InChI is InChI=1S/C10H7ClN2S/c11-10-9-8(12-5-13-10)6-3-1-2-4-7(6)14-9/h1-5,8-9H. The van der Waals surface area contributed by atoms with Gasteiger partial charge in [0, 0.05) is 4.90 Å². The number of thioether (sulfide) groups is 1. The highest BCUT2D eigenvalue weighted by atomic mass is 35.5. The van der Waals surface area contributed by atoms with Crippen LogP contribution in [0.4, 0.5) is 0 Å². The molecular formula is C10H7ClN2S. The van der Waals surface area contributed by atoms with E-state index in [0.29, 0.717) is 5.17 Å². The van der Waals surface area contributed by atoms with E-state index in [1.807, 2.05) is 12.1 Å². The van der Waals surface area contributed by atoms with Gasteiger partial charge in [-0.15, -0.1) is 11.8 Å². The van der Waals surface area contributed by atoms with E-state index >= 15 is 0 Å². The second kappa shape index (κ2) is 3.11. The van der Waals surface area contributed by atoms with Crippen LogP contribution < -0.4 is 0 Å². The van der Waals surface area contributed by atoms with E-state index in [4.69, 9.17) is 11.6 Å². The minimum absolute atomic E-state index is 0.168. The van der Waals surface area contributed by atoms with Crippen LogP contribution in [0.25, 0.3) is 0 Å². The number of halogens is 1. The van der Waals surface area contributed by atoms with Gasteiger partial charge in [0.2, 0.25) is 0 Å². The first-order chi connectivity index (χ1) is 6.86. The van der Waals surface area contributed by atoms with Gasteiger partial charge in [-0.2, -0.15) is 0 Å². The number of nitrogens with zero attached hydrogens (tertiary/aromatic N) is 2. The molecule has 70 valence electrons. The molecule has 2 aliphatic rings. The highest BCUT2D eigenvalue weighted by Crippen LogP contribution is 2.47. The summed E-state index contributed by atoms with van der Waals surface area (Å²) in [6.07, 6.45) is 1.56. The SMILES string of the molecule is ClC1=NC=NC2c3ccccc3SC12. The monoisotopic (exact) mass is 222 g/mol. The fourth-order valence-electron chi connectivity index (χ4n) is 1.77. The number of hydrogen-bond acceptors (Lipinski definition) is 3. The quantitative estimate of drug-likeness (QED) is 0.663. The predicted octanol–water partition coefficient (Wildman–Crippen LogP) is 2.88. The van der Waals surface area contributed by atoms with Crippen LogP contribution in [-0.4, -0.2) is 16.8 Å². The first-order valence-electron chi connectivity index (χ1n) is 4.37. The van der Waals surface area contributed by atoms with Gasteiger partial charge in [0.25, 0.3) is 0 Å². The zero-order valence-electron chi connectivity index (χ0n) is 7.22. The van der Waals surface area contributed by atoms with Gasteiger partial charge in [-0.3, -0.25) is 4.99 Å². The molecule has 0 amide bonds. The van der Waals surface area contributed by atoms with Gasteiger partial charge < -0.3 is 0 Å². The first-order valence-corrected chi connectivity index (χ1v) is 5.62. The molecule has 4 heteroatoms. The van der Waals surface area contributed by atoms with Crippen LogP contribution in [0.15, 0.2) is 39.1 Å². The van der Waals surface area contributed by atoms with E-state index in [2.05, 4.69) is 22.1 Å². The van der Waals surface area contributed by atoms with Crippen molar-refractivity contribution < 1.29 is 0 Å². The van der Waals surface area contributed by atoms with Crippen molar-refractivity contribution in [2.45, 2.75) is 16.2 Å². The van der Waals surface area contributed by atoms with Gasteiger partial charge in [-0.05, 0) is 11.6 Å². The fourth-order valence-corrected chi connectivity index (χ4v) is 3.32. The summed E-state index contributed by atoms with van der Waals surface area (Å²) >= 11 is 7.80. The summed E-state index contributed by atoms with van der Waals surface area (Å²) in [5, 5.41) is 0.852. The van der Waals surface area contributed by atoms with Crippen molar-refractivity contribution in [1.29, 1.82) is 0 Å². The molecule has 0 aromatic heterocycles. The molecule has 0 N–H and O–H groups in total. The van der Waals surface area contributed by atoms with Gasteiger partial charge in [0.15, 0.2) is 0 Å². The summed E-state index contributed by atoms with van der Waals surface area (Å²) in [7, 11) is 0. The Bertz CT molecular complexity index is 442. The lowest BCUT2D eigenvalue weighted by atomic mass is 10.0. The summed E-state index contributed by atoms with van der Waals surface area (Å²) in [6, 6.07) is 8.47. The van der Waals surface area contributed by atoms with Crippen LogP contribution in [-0.2, 0) is 0 Å². The lowest BCUT2D eigenvalue weighted by Crippen LogP contribution is -2.19. The summed E-state index contributed by atoms with van der Waals surface area (Å²) in [4.78, 5) is 9.66. The van der Waals surface area contributed by atoms with E-state index in [9.17, 15) is 0 Å². The second-order valence-electron chi connectivity index (χ2n) is 3.24. The lowest BCUT2D eigenvalue weighted by Gasteiger charge is -2.16. The Morgan fingerprint density at radius 2 is 2.14 bits per heavy atom. The predicted molar refractivity (Wildman–Crippen MR) is 60.6 cm³/mol. The lowest BCUT2D eigenvalue weighted by molar-refractivity contribution is 0.783. The maximum atomic E-state index is 6.05. The highest BCUT2D eigenvalue weighted by Gasteiger charge is 2.36. The van der Waals surface area contributed by atoms with Gasteiger partial charge in [-0.1, -0.05) is 29.8 Å². The maximum Gasteiger partial charge on any atom is 0.123 e. The van der Waals surface area contributed by atoms with E-state index in [-0.39, 0.29) is 11.3 Å². The van der Waals surface area contributed by atoms with Gasteiger partial charge in [-0.25, -0.2) is 4.99 Å². The molecule has 0 radical (unpaired) electrons. The molecule has 14 heavy (non-hydrogen) atoms. The summed E-state index contributed by atoms with van der Waals surface area (Å²) in [5.74, 6) is 0. The van der Waals surface area contributed by atoms with Crippen molar-refractivity contribution in [1.82, 2.24) is 0 Å². The van der Waals surface area contributed by atoms with Crippen molar-refractivity contribution in [2.24, 2.45) is 9.98 Å². The molecule has 1 aromatic rings. The van der Waals surface area contributed by atoms with Crippen LogP contribution >= 0.6 is 23.4 Å². The third kappa shape index (κ3) is 1.12. The zero-order chi connectivity index (χ0) is 9.54. The molecule has 2 heterocycles. The van der Waals surface area contributed by atoms with Crippen LogP contribution in [0.2, 0.25) is 0 Å². The molecule has 0 saturated heterocycles. The smallest absolute Gasteiger partial charge is 0.123 e. The molecule has 2 atom stereocenters. The molecule has 2 aliphatic heterocycles. The van der Waals surface area contributed by atoms with E-state index in [1.54, 1.807) is 18.1 Å². The van der Waals surface area contributed by atoms with Crippen molar-refractivity contribution in [2.75, 3.05) is 0 Å². The second-order valence-corrected chi connectivity index (χ2v) is 4.81. The number of hydrogen-bond donors (Lipinski definition) is 0. The molecular weight excluding hydrogens is 216 g/mol. The average molecular weight is 223 g/mol. The number of aliphatic imine (C=N–C) groups is 2. The van der Waals surface area contributed by atoms with Crippen LogP contribution in [0.1, 0.15) is 11.6 Å². The number of benzene rings is 1. The van der Waals surface area contributed by atoms with E-state index < -0.39 is 0 Å². The Hall–Kier alpha value is -0.800. The largest absolute Gasteiger partial charge is 0.264 e. The van der Waals surface area contributed by atoms with Crippen LogP contribution in [0.5, 0.6) is 0 Å². The van der Waals surface area contributed by atoms with Gasteiger partial charge in [0.1, 0.15) is 11.5 Å². The summed E-state index contributed by atoms with van der Waals surface area (Å²) < 4.78 is 0. The highest BCUT2D eigenvalue weighted by molar-refractivity contribution is 8.01. The Balaban J connectivity index is 2.11. The van der Waals surface area contributed by atoms with Crippen LogP contribution in [0.3, 0.4) is 0 Å². The van der Waals surface area contributed by atoms with Crippen molar-refractivity contribution in [3.05, 3.63) is 29.8 Å². The third-order valence-electron chi connectivity index (χ3n) is 2.42. The van der Waals surface area contributed by atoms with E-state index in [0.717, 1.165) is 0 Å². The molecule has 0 aliphatic carbocycles. The molecule has 2 unspecified atom stereocenters. The molecule has 2 nitrogen and oxygen atoms in total. The Kier molecular flexibility index (Phi) is 1.89. The van der Waals surface area contributed by atoms with E-state index in [1.165, 1.54) is 10.5 Å². The summed E-state index contributed by atoms with van der Waals surface area (Å²) in [6.45, 7) is 0. The number of fused-ring (bicyclic) bond motifs is 3. The van der Waals surface area contributed by atoms with Gasteiger partial charge in [0.05, 0.1) is 11.3 Å². The number of rotatable bonds is 0.